The molecule has 1 aliphatic rings. The summed E-state index contributed by atoms with van der Waals surface area (Å²) in [6, 6.07) is 10.00. The number of carbonyl (C=O) groups excluding carboxylic acids is 1. The Hall–Kier alpha value is -2.63. The Kier molecular flexibility index (Phi) is 7.23. The van der Waals surface area contributed by atoms with E-state index < -0.39 is 0 Å². The number of nitrogens with one attached hydrogen (secondary N) is 2. The second-order valence-electron chi connectivity index (χ2n) is 7.41. The Morgan fingerprint density at radius 1 is 1.14 bits per heavy atom. The molecule has 1 aromatic heterocycles. The van der Waals surface area contributed by atoms with Crippen molar-refractivity contribution < 1.29 is 9.53 Å². The number of hydrogen-bond acceptors (Lipinski definition) is 5. The van der Waals surface area contributed by atoms with Crippen molar-refractivity contribution in [2.45, 2.75) is 57.9 Å². The second-order valence-corrected chi connectivity index (χ2v) is 7.41. The number of aromatic nitrogens is 2. The fraction of sp³-hybridized carbons (Fsp3) is 0.500. The number of anilines is 1. The minimum absolute atomic E-state index is 0.103. The fourth-order valence-corrected chi connectivity index (χ4v) is 3.59. The van der Waals surface area contributed by atoms with Crippen LogP contribution in [-0.4, -0.2) is 35.6 Å². The molecule has 6 heteroatoms. The number of hydrogen-bond donors (Lipinski definition) is 2. The maximum atomic E-state index is 12.7. The van der Waals surface area contributed by atoms with Gasteiger partial charge in [-0.2, -0.15) is 0 Å². The van der Waals surface area contributed by atoms with Crippen molar-refractivity contribution in [2.75, 3.05) is 19.0 Å². The van der Waals surface area contributed by atoms with Crippen molar-refractivity contribution in [1.82, 2.24) is 15.3 Å². The summed E-state index contributed by atoms with van der Waals surface area (Å²) in [5, 5.41) is 6.39. The highest BCUT2D eigenvalue weighted by molar-refractivity contribution is 5.92. The van der Waals surface area contributed by atoms with Gasteiger partial charge in [-0.3, -0.25) is 4.79 Å². The fourth-order valence-electron chi connectivity index (χ4n) is 3.59. The Bertz CT molecular complexity index is 786. The lowest BCUT2D eigenvalue weighted by Gasteiger charge is -2.16. The quantitative estimate of drug-likeness (QED) is 0.710. The van der Waals surface area contributed by atoms with Crippen LogP contribution in [0, 0.1) is 6.92 Å². The van der Waals surface area contributed by atoms with Crippen LogP contribution in [0.5, 0.6) is 5.75 Å². The van der Waals surface area contributed by atoms with E-state index in [9.17, 15) is 4.79 Å². The third-order valence-corrected chi connectivity index (χ3v) is 5.11. The highest BCUT2D eigenvalue weighted by Crippen LogP contribution is 2.18. The molecule has 2 N–H and O–H groups in total. The number of nitrogens with zero attached hydrogens (tertiary/aromatic N) is 2. The number of carbonyl (C=O) groups is 1. The van der Waals surface area contributed by atoms with Gasteiger partial charge in [-0.25, -0.2) is 9.97 Å². The van der Waals surface area contributed by atoms with Crippen LogP contribution in [0.2, 0.25) is 0 Å². The van der Waals surface area contributed by atoms with Crippen molar-refractivity contribution in [2.24, 2.45) is 0 Å². The van der Waals surface area contributed by atoms with E-state index in [4.69, 9.17) is 4.74 Å². The molecular formula is C22H30N4O2. The normalized spacial score (nSPS) is 14.9. The van der Waals surface area contributed by atoms with E-state index in [1.165, 1.54) is 31.2 Å². The average molecular weight is 383 g/mol. The van der Waals surface area contributed by atoms with E-state index in [0.29, 0.717) is 18.2 Å². The molecule has 1 heterocycles. The van der Waals surface area contributed by atoms with Gasteiger partial charge in [0.1, 0.15) is 11.4 Å². The Morgan fingerprint density at radius 2 is 1.93 bits per heavy atom. The molecule has 6 nitrogen and oxygen atoms in total. The molecule has 3 rings (SSSR count). The molecule has 0 aliphatic heterocycles. The molecule has 28 heavy (non-hydrogen) atoms. The molecular weight excluding hydrogens is 352 g/mol. The third-order valence-electron chi connectivity index (χ3n) is 5.11. The van der Waals surface area contributed by atoms with Gasteiger partial charge in [-0.15, -0.1) is 0 Å². The number of methoxy groups -OCH3 is 1. The topological polar surface area (TPSA) is 76.1 Å². The lowest BCUT2D eigenvalue weighted by Crippen LogP contribution is -2.35. The summed E-state index contributed by atoms with van der Waals surface area (Å²) in [6.45, 7) is 2.57. The molecule has 0 bridgehead atoms. The summed E-state index contributed by atoms with van der Waals surface area (Å²) in [4.78, 5) is 21.5. The van der Waals surface area contributed by atoms with Gasteiger partial charge < -0.3 is 15.4 Å². The molecule has 150 valence electrons. The van der Waals surface area contributed by atoms with Crippen LogP contribution >= 0.6 is 0 Å². The lowest BCUT2D eigenvalue weighted by atomic mass is 10.1. The summed E-state index contributed by atoms with van der Waals surface area (Å²) in [7, 11) is 1.67. The summed E-state index contributed by atoms with van der Waals surface area (Å²) in [6.07, 6.45) is 7.83. The number of benzene rings is 1. The maximum absolute atomic E-state index is 12.7. The average Bonchev–Trinajstić information content (AvgIpc) is 2.96. The van der Waals surface area contributed by atoms with Crippen LogP contribution in [0.25, 0.3) is 0 Å². The zero-order valence-corrected chi connectivity index (χ0v) is 16.8. The van der Waals surface area contributed by atoms with E-state index in [0.717, 1.165) is 30.7 Å². The largest absolute Gasteiger partial charge is 0.497 e. The number of ether oxygens (including phenoxy) is 1. The van der Waals surface area contributed by atoms with Crippen LogP contribution in [0.3, 0.4) is 0 Å². The van der Waals surface area contributed by atoms with Crippen molar-refractivity contribution >= 4 is 11.9 Å². The van der Waals surface area contributed by atoms with E-state index in [2.05, 4.69) is 26.7 Å². The van der Waals surface area contributed by atoms with Gasteiger partial charge >= 0.3 is 0 Å². The first-order valence-electron chi connectivity index (χ1n) is 10.2. The monoisotopic (exact) mass is 382 g/mol. The Labute approximate surface area is 167 Å². The predicted molar refractivity (Wildman–Crippen MR) is 111 cm³/mol. The van der Waals surface area contributed by atoms with Crippen LogP contribution in [0.4, 0.5) is 5.95 Å². The summed E-state index contributed by atoms with van der Waals surface area (Å²) in [5.41, 5.74) is 2.39. The number of amides is 1. The highest BCUT2D eigenvalue weighted by Gasteiger charge is 2.17. The smallest absolute Gasteiger partial charge is 0.270 e. The van der Waals surface area contributed by atoms with E-state index >= 15 is 0 Å². The highest BCUT2D eigenvalue weighted by atomic mass is 16.5. The summed E-state index contributed by atoms with van der Waals surface area (Å²) in [5.74, 6) is 1.24. The summed E-state index contributed by atoms with van der Waals surface area (Å²) < 4.78 is 5.26. The molecule has 0 radical (unpaired) electrons. The van der Waals surface area contributed by atoms with Crippen LogP contribution in [0.1, 0.15) is 60.3 Å². The van der Waals surface area contributed by atoms with Gasteiger partial charge in [-0.05, 0) is 49.9 Å². The number of aryl methyl sites for hydroxylation is 1. The minimum Gasteiger partial charge on any atom is -0.497 e. The molecule has 0 spiro atoms. The van der Waals surface area contributed by atoms with Gasteiger partial charge in [-0.1, -0.05) is 37.8 Å². The molecule has 1 aromatic carbocycles. The van der Waals surface area contributed by atoms with Crippen LogP contribution < -0.4 is 15.4 Å². The van der Waals surface area contributed by atoms with Gasteiger partial charge in [0.2, 0.25) is 5.95 Å². The van der Waals surface area contributed by atoms with E-state index in [1.807, 2.05) is 25.1 Å². The Balaban J connectivity index is 1.58. The first kappa shape index (κ1) is 20.1. The predicted octanol–water partition coefficient (Wildman–Crippen LogP) is 3.90. The second kappa shape index (κ2) is 10.1. The molecule has 0 unspecified atom stereocenters. The first-order chi connectivity index (χ1) is 13.6. The first-order valence-corrected chi connectivity index (χ1v) is 10.2. The standard InChI is InChI=1S/C22H30N4O2/c1-16-14-20(21(27)25-18-9-5-3-4-6-10-18)26-22(24-16)23-13-12-17-8-7-11-19(15-17)28-2/h7-8,11,14-15,18H,3-6,9-10,12-13H2,1-2H3,(H,25,27)(H,23,24,26). The van der Waals surface area contributed by atoms with Crippen molar-refractivity contribution in [3.05, 3.63) is 47.3 Å². The molecule has 1 fully saturated rings. The zero-order chi connectivity index (χ0) is 19.8. The lowest BCUT2D eigenvalue weighted by molar-refractivity contribution is 0.0928. The molecule has 1 aliphatic carbocycles. The number of rotatable bonds is 7. The van der Waals surface area contributed by atoms with Crippen molar-refractivity contribution in [3.63, 3.8) is 0 Å². The van der Waals surface area contributed by atoms with Gasteiger partial charge in [0.05, 0.1) is 7.11 Å². The van der Waals surface area contributed by atoms with Gasteiger partial charge in [0, 0.05) is 18.3 Å². The van der Waals surface area contributed by atoms with E-state index in [-0.39, 0.29) is 11.9 Å². The molecule has 0 atom stereocenters. The van der Waals surface area contributed by atoms with Gasteiger partial charge in [0.15, 0.2) is 0 Å². The van der Waals surface area contributed by atoms with Crippen LogP contribution in [-0.2, 0) is 6.42 Å². The van der Waals surface area contributed by atoms with Crippen molar-refractivity contribution in [3.8, 4) is 5.75 Å². The molecule has 1 amide bonds. The molecule has 2 aromatic rings. The molecule has 0 saturated heterocycles. The zero-order valence-electron chi connectivity index (χ0n) is 16.8. The van der Waals surface area contributed by atoms with Crippen molar-refractivity contribution in [1.29, 1.82) is 0 Å². The van der Waals surface area contributed by atoms with E-state index in [1.54, 1.807) is 13.2 Å². The Morgan fingerprint density at radius 3 is 2.68 bits per heavy atom. The minimum atomic E-state index is -0.103. The SMILES string of the molecule is COc1cccc(CCNc2nc(C)cc(C(=O)NC3CCCCCC3)n2)c1. The van der Waals surface area contributed by atoms with Crippen LogP contribution in [0.15, 0.2) is 30.3 Å². The molecule has 1 saturated carbocycles. The van der Waals surface area contributed by atoms with Gasteiger partial charge in [0.25, 0.3) is 5.91 Å². The summed E-state index contributed by atoms with van der Waals surface area (Å²) >= 11 is 0. The third kappa shape index (κ3) is 5.94. The maximum Gasteiger partial charge on any atom is 0.270 e.